The van der Waals surface area contributed by atoms with Gasteiger partial charge >= 0.3 is 5.97 Å². The second-order valence-electron chi connectivity index (χ2n) is 5.47. The number of carboxylic acids is 1. The minimum absolute atomic E-state index is 0.00580. The van der Waals surface area contributed by atoms with E-state index in [1.54, 1.807) is 32.0 Å². The molecule has 0 spiro atoms. The Balaban J connectivity index is 1.96. The van der Waals surface area contributed by atoms with Gasteiger partial charge in [-0.15, -0.1) is 11.3 Å². The van der Waals surface area contributed by atoms with Crippen LogP contribution in [-0.2, 0) is 4.79 Å². The van der Waals surface area contributed by atoms with E-state index in [1.807, 2.05) is 0 Å². The summed E-state index contributed by atoms with van der Waals surface area (Å²) in [7, 11) is 0. The molecule has 8 heteroatoms. The number of carboxylic acid groups (broad SMARTS) is 1. The van der Waals surface area contributed by atoms with E-state index < -0.39 is 5.97 Å². The van der Waals surface area contributed by atoms with Gasteiger partial charge in [-0.1, -0.05) is 6.92 Å². The normalized spacial score (nSPS) is 11.8. The van der Waals surface area contributed by atoms with Gasteiger partial charge in [0.2, 0.25) is 0 Å². The molecule has 128 valence electrons. The number of amides is 2. The molecular formula is C16H18N2O5S. The zero-order valence-electron chi connectivity index (χ0n) is 13.3. The van der Waals surface area contributed by atoms with E-state index in [1.165, 1.54) is 6.26 Å². The van der Waals surface area contributed by atoms with Crippen LogP contribution >= 0.6 is 11.3 Å². The quantitative estimate of drug-likeness (QED) is 0.711. The maximum atomic E-state index is 12.2. The first-order valence-corrected chi connectivity index (χ1v) is 8.13. The van der Waals surface area contributed by atoms with Crippen LogP contribution < -0.4 is 10.6 Å². The van der Waals surface area contributed by atoms with E-state index in [0.717, 1.165) is 16.9 Å². The number of aryl methyl sites for hydroxylation is 1. The number of furan rings is 1. The molecular weight excluding hydrogens is 332 g/mol. The van der Waals surface area contributed by atoms with Crippen molar-refractivity contribution >= 4 is 34.1 Å². The lowest BCUT2D eigenvalue weighted by Gasteiger charge is -2.09. The largest absolute Gasteiger partial charge is 0.481 e. The van der Waals surface area contributed by atoms with Gasteiger partial charge in [-0.2, -0.15) is 0 Å². The number of thiophene rings is 1. The molecule has 1 unspecified atom stereocenters. The first-order valence-electron chi connectivity index (χ1n) is 7.32. The number of carbonyl (C=O) groups is 3. The van der Waals surface area contributed by atoms with Crippen molar-refractivity contribution in [2.75, 3.05) is 11.9 Å². The van der Waals surface area contributed by atoms with Crippen molar-refractivity contribution in [3.8, 4) is 0 Å². The highest BCUT2D eigenvalue weighted by Crippen LogP contribution is 2.27. The second kappa shape index (κ2) is 7.78. The highest BCUT2D eigenvalue weighted by molar-refractivity contribution is 7.18. The average Bonchev–Trinajstić information content (AvgIpc) is 3.14. The Hall–Kier alpha value is -2.61. The summed E-state index contributed by atoms with van der Waals surface area (Å²) >= 11 is 1.16. The molecule has 2 aromatic heterocycles. The van der Waals surface area contributed by atoms with Crippen LogP contribution in [0, 0.1) is 12.8 Å². The van der Waals surface area contributed by atoms with E-state index >= 15 is 0 Å². The number of aliphatic carboxylic acids is 1. The van der Waals surface area contributed by atoms with Gasteiger partial charge in [0.15, 0.2) is 5.76 Å². The number of anilines is 1. The molecule has 0 saturated carbocycles. The van der Waals surface area contributed by atoms with Crippen molar-refractivity contribution in [1.29, 1.82) is 0 Å². The summed E-state index contributed by atoms with van der Waals surface area (Å²) in [6.07, 6.45) is 1.40. The Bertz CT molecular complexity index is 736. The van der Waals surface area contributed by atoms with Crippen LogP contribution in [0.15, 0.2) is 28.9 Å². The molecule has 0 saturated heterocycles. The summed E-state index contributed by atoms with van der Waals surface area (Å²) in [6.45, 7) is 3.80. The van der Waals surface area contributed by atoms with Gasteiger partial charge in [0.25, 0.3) is 11.8 Å². The molecule has 2 heterocycles. The average molecular weight is 350 g/mol. The lowest BCUT2D eigenvalue weighted by atomic mass is 10.1. The van der Waals surface area contributed by atoms with Crippen LogP contribution in [0.1, 0.15) is 39.1 Å². The summed E-state index contributed by atoms with van der Waals surface area (Å²) in [4.78, 5) is 35.2. The molecule has 7 nitrogen and oxygen atoms in total. The van der Waals surface area contributed by atoms with Crippen molar-refractivity contribution < 1.29 is 23.9 Å². The molecule has 1 atom stereocenters. The highest BCUT2D eigenvalue weighted by Gasteiger charge is 2.17. The van der Waals surface area contributed by atoms with Crippen LogP contribution in [0.3, 0.4) is 0 Å². The first-order chi connectivity index (χ1) is 11.4. The van der Waals surface area contributed by atoms with Gasteiger partial charge in [-0.3, -0.25) is 14.4 Å². The molecule has 2 amide bonds. The zero-order chi connectivity index (χ0) is 17.7. The molecule has 0 radical (unpaired) electrons. The predicted molar refractivity (Wildman–Crippen MR) is 89.5 cm³/mol. The van der Waals surface area contributed by atoms with E-state index in [9.17, 15) is 14.4 Å². The van der Waals surface area contributed by atoms with Crippen molar-refractivity contribution in [2.24, 2.45) is 5.92 Å². The fourth-order valence-corrected chi connectivity index (χ4v) is 3.05. The molecule has 2 aromatic rings. The lowest BCUT2D eigenvalue weighted by molar-refractivity contribution is -0.137. The molecule has 3 N–H and O–H groups in total. The van der Waals surface area contributed by atoms with E-state index in [-0.39, 0.29) is 36.5 Å². The van der Waals surface area contributed by atoms with Gasteiger partial charge in [-0.05, 0) is 36.6 Å². The van der Waals surface area contributed by atoms with E-state index in [4.69, 9.17) is 9.52 Å². The maximum absolute atomic E-state index is 12.2. The fourth-order valence-electron chi connectivity index (χ4n) is 2.07. The zero-order valence-corrected chi connectivity index (χ0v) is 14.1. The van der Waals surface area contributed by atoms with Gasteiger partial charge in [0.05, 0.1) is 16.1 Å². The Labute approximate surface area is 142 Å². The molecule has 24 heavy (non-hydrogen) atoms. The van der Waals surface area contributed by atoms with Crippen molar-refractivity contribution in [3.63, 3.8) is 0 Å². The number of hydrogen-bond acceptors (Lipinski definition) is 5. The summed E-state index contributed by atoms with van der Waals surface area (Å²) in [5, 5.41) is 14.7. The summed E-state index contributed by atoms with van der Waals surface area (Å²) in [6, 6.07) is 4.88. The standard InChI is InChI=1S/C16H18N2O5S/c1-9(6-13(19)20)8-17-16(22)14-10(2)7-12(24-14)18-15(21)11-4-3-5-23-11/h3-5,7,9H,6,8H2,1-2H3,(H,17,22)(H,18,21)(H,19,20). The third-order valence-electron chi connectivity index (χ3n) is 3.24. The smallest absolute Gasteiger partial charge is 0.303 e. The van der Waals surface area contributed by atoms with Crippen molar-refractivity contribution in [3.05, 3.63) is 40.7 Å². The predicted octanol–water partition coefficient (Wildman–Crippen LogP) is 2.74. The topological polar surface area (TPSA) is 109 Å². The second-order valence-corrected chi connectivity index (χ2v) is 6.52. The third kappa shape index (κ3) is 4.69. The molecule has 0 aliphatic carbocycles. The monoisotopic (exact) mass is 350 g/mol. The van der Waals surface area contributed by atoms with E-state index in [2.05, 4.69) is 10.6 Å². The Morgan fingerprint density at radius 3 is 2.71 bits per heavy atom. The summed E-state index contributed by atoms with van der Waals surface area (Å²) < 4.78 is 5.01. The first kappa shape index (κ1) is 17.7. The van der Waals surface area contributed by atoms with E-state index in [0.29, 0.717) is 9.88 Å². The molecule has 0 aromatic carbocycles. The molecule has 0 fully saturated rings. The number of carbonyl (C=O) groups excluding carboxylic acids is 2. The van der Waals surface area contributed by atoms with Gasteiger partial charge in [-0.25, -0.2) is 0 Å². The lowest BCUT2D eigenvalue weighted by Crippen LogP contribution is -2.29. The minimum Gasteiger partial charge on any atom is -0.481 e. The van der Waals surface area contributed by atoms with Crippen LogP contribution in [0.5, 0.6) is 0 Å². The van der Waals surface area contributed by atoms with Crippen molar-refractivity contribution in [2.45, 2.75) is 20.3 Å². The van der Waals surface area contributed by atoms with Gasteiger partial charge in [0.1, 0.15) is 0 Å². The molecule has 0 aliphatic heterocycles. The minimum atomic E-state index is -0.896. The molecule has 2 rings (SSSR count). The number of nitrogens with one attached hydrogen (secondary N) is 2. The highest BCUT2D eigenvalue weighted by atomic mass is 32.1. The number of rotatable bonds is 7. The van der Waals surface area contributed by atoms with Crippen LogP contribution in [0.25, 0.3) is 0 Å². The Morgan fingerprint density at radius 1 is 1.33 bits per heavy atom. The fraction of sp³-hybridized carbons (Fsp3) is 0.312. The van der Waals surface area contributed by atoms with Crippen LogP contribution in [0.2, 0.25) is 0 Å². The molecule has 0 aliphatic rings. The van der Waals surface area contributed by atoms with Crippen LogP contribution in [-0.4, -0.2) is 29.4 Å². The van der Waals surface area contributed by atoms with Gasteiger partial charge < -0.3 is 20.2 Å². The van der Waals surface area contributed by atoms with Crippen LogP contribution in [0.4, 0.5) is 5.00 Å². The Kier molecular flexibility index (Phi) is 5.75. The maximum Gasteiger partial charge on any atom is 0.303 e. The summed E-state index contributed by atoms with van der Waals surface area (Å²) in [5.41, 5.74) is 0.734. The van der Waals surface area contributed by atoms with Crippen molar-refractivity contribution in [1.82, 2.24) is 5.32 Å². The SMILES string of the molecule is Cc1cc(NC(=O)c2ccco2)sc1C(=O)NCC(C)CC(=O)O. The van der Waals surface area contributed by atoms with Gasteiger partial charge in [0, 0.05) is 13.0 Å². The summed E-state index contributed by atoms with van der Waals surface area (Å²) in [5.74, 6) is -1.54. The Morgan fingerprint density at radius 2 is 2.08 bits per heavy atom. The number of hydrogen-bond donors (Lipinski definition) is 3. The molecule has 0 bridgehead atoms. The third-order valence-corrected chi connectivity index (χ3v) is 4.39.